The van der Waals surface area contributed by atoms with E-state index in [9.17, 15) is 22.8 Å². The molecule has 1 heterocycles. The van der Waals surface area contributed by atoms with Gasteiger partial charge < -0.3 is 20.1 Å². The zero-order valence-electron chi connectivity index (χ0n) is 19.7. The molecule has 0 bridgehead atoms. The van der Waals surface area contributed by atoms with E-state index in [1.165, 1.54) is 12.1 Å². The molecule has 1 atom stereocenters. The first kappa shape index (κ1) is 26.5. The number of ether oxygens (including phenoxy) is 2. The first-order chi connectivity index (χ1) is 16.6. The highest BCUT2D eigenvalue weighted by molar-refractivity contribution is 5.94. The van der Waals surface area contributed by atoms with E-state index in [0.29, 0.717) is 37.0 Å². The van der Waals surface area contributed by atoms with Gasteiger partial charge in [0.25, 0.3) is 11.8 Å². The molecule has 2 amide bonds. The van der Waals surface area contributed by atoms with E-state index in [2.05, 4.69) is 29.4 Å². The minimum Gasteiger partial charge on any atom is -0.484 e. The topological polar surface area (TPSA) is 79.9 Å². The smallest absolute Gasteiger partial charge is 0.416 e. The summed E-state index contributed by atoms with van der Waals surface area (Å²) >= 11 is 0. The van der Waals surface area contributed by atoms with Crippen LogP contribution in [0.4, 0.5) is 18.9 Å². The Kier molecular flexibility index (Phi) is 9.11. The lowest BCUT2D eigenvalue weighted by molar-refractivity contribution is -0.137. The van der Waals surface area contributed by atoms with E-state index in [1.807, 2.05) is 0 Å². The van der Waals surface area contributed by atoms with Gasteiger partial charge in [0, 0.05) is 36.9 Å². The number of benzene rings is 2. The third kappa shape index (κ3) is 7.97. The standard InChI is InChI=1S/C25H30F3N3O4/c1-17(2)22(31-10-12-34-13-11-31)15-29-24(33)18-6-8-21(9-7-18)35-16-23(32)30-20-5-3-4-19(14-20)25(26,27)28/h3-9,14,17,22H,10-13,15-16H2,1-2H3,(H,29,33)(H,30,32). The van der Waals surface area contributed by atoms with E-state index >= 15 is 0 Å². The highest BCUT2D eigenvalue weighted by Crippen LogP contribution is 2.30. The molecule has 7 nitrogen and oxygen atoms in total. The first-order valence-electron chi connectivity index (χ1n) is 11.4. The van der Waals surface area contributed by atoms with Gasteiger partial charge in [-0.15, -0.1) is 0 Å². The molecular weight excluding hydrogens is 463 g/mol. The Bertz CT molecular complexity index is 990. The molecule has 0 radical (unpaired) electrons. The van der Waals surface area contributed by atoms with E-state index in [0.717, 1.165) is 25.2 Å². The normalized spacial score (nSPS) is 15.5. The van der Waals surface area contributed by atoms with Crippen LogP contribution in [0.5, 0.6) is 5.75 Å². The first-order valence-corrected chi connectivity index (χ1v) is 11.4. The van der Waals surface area contributed by atoms with E-state index < -0.39 is 24.3 Å². The highest BCUT2D eigenvalue weighted by atomic mass is 19.4. The lowest BCUT2D eigenvalue weighted by atomic mass is 10.0. The summed E-state index contributed by atoms with van der Waals surface area (Å²) in [6, 6.07) is 10.9. The largest absolute Gasteiger partial charge is 0.484 e. The Morgan fingerprint density at radius 1 is 1.09 bits per heavy atom. The zero-order chi connectivity index (χ0) is 25.4. The van der Waals surface area contributed by atoms with Gasteiger partial charge in [-0.05, 0) is 48.4 Å². The van der Waals surface area contributed by atoms with Crippen molar-refractivity contribution in [2.24, 2.45) is 5.92 Å². The molecule has 35 heavy (non-hydrogen) atoms. The number of hydrogen-bond donors (Lipinski definition) is 2. The SMILES string of the molecule is CC(C)C(CNC(=O)c1ccc(OCC(=O)Nc2cccc(C(F)(F)F)c2)cc1)N1CCOCC1. The van der Waals surface area contributed by atoms with Gasteiger partial charge in [-0.25, -0.2) is 0 Å². The Morgan fingerprint density at radius 3 is 2.40 bits per heavy atom. The molecule has 1 fully saturated rings. The summed E-state index contributed by atoms with van der Waals surface area (Å²) in [7, 11) is 0. The van der Waals surface area contributed by atoms with Gasteiger partial charge in [-0.3, -0.25) is 14.5 Å². The van der Waals surface area contributed by atoms with Crippen LogP contribution in [0.25, 0.3) is 0 Å². The third-order valence-electron chi connectivity index (χ3n) is 5.72. The fourth-order valence-corrected chi connectivity index (χ4v) is 3.82. The molecule has 1 saturated heterocycles. The highest BCUT2D eigenvalue weighted by Gasteiger charge is 2.30. The molecule has 2 N–H and O–H groups in total. The van der Waals surface area contributed by atoms with Crippen molar-refractivity contribution in [3.8, 4) is 5.75 Å². The fraction of sp³-hybridized carbons (Fsp3) is 0.440. The lowest BCUT2D eigenvalue weighted by Gasteiger charge is -2.36. The number of amides is 2. The number of halogens is 3. The number of carbonyl (C=O) groups is 2. The molecule has 0 aliphatic carbocycles. The van der Waals surface area contributed by atoms with Gasteiger partial charge in [-0.1, -0.05) is 19.9 Å². The average molecular weight is 494 g/mol. The maximum Gasteiger partial charge on any atom is 0.416 e. The van der Waals surface area contributed by atoms with Crippen molar-refractivity contribution in [2.75, 3.05) is 44.8 Å². The second-order valence-corrected chi connectivity index (χ2v) is 8.61. The second-order valence-electron chi connectivity index (χ2n) is 8.61. The quantitative estimate of drug-likeness (QED) is 0.556. The Labute approximate surface area is 202 Å². The van der Waals surface area contributed by atoms with Crippen LogP contribution < -0.4 is 15.4 Å². The summed E-state index contributed by atoms with van der Waals surface area (Å²) in [5.41, 5.74) is -0.373. The molecule has 2 aromatic carbocycles. The molecule has 3 rings (SSSR count). The number of anilines is 1. The van der Waals surface area contributed by atoms with Crippen molar-refractivity contribution < 1.29 is 32.2 Å². The van der Waals surface area contributed by atoms with Gasteiger partial charge >= 0.3 is 6.18 Å². The molecule has 190 valence electrons. The zero-order valence-corrected chi connectivity index (χ0v) is 19.7. The van der Waals surface area contributed by atoms with Crippen molar-refractivity contribution in [1.82, 2.24) is 10.2 Å². The van der Waals surface area contributed by atoms with Gasteiger partial charge in [0.1, 0.15) is 5.75 Å². The summed E-state index contributed by atoms with van der Waals surface area (Å²) in [6.45, 7) is 7.44. The van der Waals surface area contributed by atoms with Crippen LogP contribution >= 0.6 is 0 Å². The van der Waals surface area contributed by atoms with Crippen LogP contribution in [0.15, 0.2) is 48.5 Å². The molecular formula is C25H30F3N3O4. The Balaban J connectivity index is 1.47. The minimum atomic E-state index is -4.50. The molecule has 0 spiro atoms. The number of carbonyl (C=O) groups excluding carboxylic acids is 2. The van der Waals surface area contributed by atoms with Crippen molar-refractivity contribution in [3.63, 3.8) is 0 Å². The van der Waals surface area contributed by atoms with Crippen molar-refractivity contribution in [1.29, 1.82) is 0 Å². The van der Waals surface area contributed by atoms with Crippen LogP contribution in [0, 0.1) is 5.92 Å². The predicted octanol–water partition coefficient (Wildman–Crippen LogP) is 3.81. The van der Waals surface area contributed by atoms with Crippen molar-refractivity contribution in [2.45, 2.75) is 26.1 Å². The van der Waals surface area contributed by atoms with E-state index in [-0.39, 0.29) is 17.6 Å². The number of nitrogens with zero attached hydrogens (tertiary/aromatic N) is 1. The van der Waals surface area contributed by atoms with Crippen molar-refractivity contribution in [3.05, 3.63) is 59.7 Å². The average Bonchev–Trinajstić information content (AvgIpc) is 2.83. The van der Waals surface area contributed by atoms with Gasteiger partial charge in [0.05, 0.1) is 18.8 Å². The number of rotatable bonds is 9. The van der Waals surface area contributed by atoms with Gasteiger partial charge in [-0.2, -0.15) is 13.2 Å². The fourth-order valence-electron chi connectivity index (χ4n) is 3.82. The van der Waals surface area contributed by atoms with Gasteiger partial charge in [0.2, 0.25) is 0 Å². The molecule has 0 aromatic heterocycles. The third-order valence-corrected chi connectivity index (χ3v) is 5.72. The molecule has 10 heteroatoms. The van der Waals surface area contributed by atoms with E-state index in [4.69, 9.17) is 9.47 Å². The summed E-state index contributed by atoms with van der Waals surface area (Å²) < 4.78 is 49.2. The molecule has 0 saturated carbocycles. The predicted molar refractivity (Wildman–Crippen MR) is 125 cm³/mol. The summed E-state index contributed by atoms with van der Waals surface area (Å²) in [4.78, 5) is 27.0. The second kappa shape index (κ2) is 12.0. The summed E-state index contributed by atoms with van der Waals surface area (Å²) in [5, 5.41) is 5.36. The number of morpholine rings is 1. The Hall–Kier alpha value is -3.11. The molecule has 2 aromatic rings. The van der Waals surface area contributed by atoms with Crippen molar-refractivity contribution >= 4 is 17.5 Å². The number of alkyl halides is 3. The monoisotopic (exact) mass is 493 g/mol. The maximum absolute atomic E-state index is 12.8. The summed E-state index contributed by atoms with van der Waals surface area (Å²) in [6.07, 6.45) is -4.50. The van der Waals surface area contributed by atoms with Crippen LogP contribution in [-0.4, -0.2) is 62.2 Å². The molecule has 1 aliphatic heterocycles. The lowest BCUT2D eigenvalue weighted by Crippen LogP contribution is -2.51. The summed E-state index contributed by atoms with van der Waals surface area (Å²) in [5.74, 6) is -0.0906. The van der Waals surface area contributed by atoms with Gasteiger partial charge in [0.15, 0.2) is 6.61 Å². The van der Waals surface area contributed by atoms with Crippen LogP contribution in [-0.2, 0) is 15.7 Å². The molecule has 1 aliphatic rings. The molecule has 1 unspecified atom stereocenters. The number of nitrogens with one attached hydrogen (secondary N) is 2. The van der Waals surface area contributed by atoms with Crippen LogP contribution in [0.3, 0.4) is 0 Å². The van der Waals surface area contributed by atoms with E-state index in [1.54, 1.807) is 24.3 Å². The van der Waals surface area contributed by atoms with Crippen LogP contribution in [0.1, 0.15) is 29.8 Å². The number of hydrogen-bond acceptors (Lipinski definition) is 5. The maximum atomic E-state index is 12.8. The Morgan fingerprint density at radius 2 is 1.77 bits per heavy atom. The minimum absolute atomic E-state index is 0.0252. The van der Waals surface area contributed by atoms with Crippen LogP contribution in [0.2, 0.25) is 0 Å².